The number of hydrogen-bond acceptors (Lipinski definition) is 6. The summed E-state index contributed by atoms with van der Waals surface area (Å²) in [6.45, 7) is 4.28. The van der Waals surface area contributed by atoms with Crippen molar-refractivity contribution < 1.29 is 23.0 Å². The lowest BCUT2D eigenvalue weighted by molar-refractivity contribution is -0.122. The van der Waals surface area contributed by atoms with Crippen LogP contribution in [0.15, 0.2) is 42.5 Å². The maximum atomic E-state index is 14.4. The van der Waals surface area contributed by atoms with E-state index in [1.54, 1.807) is 6.07 Å². The zero-order valence-electron chi connectivity index (χ0n) is 18.2. The zero-order valence-corrected chi connectivity index (χ0v) is 19.1. The van der Waals surface area contributed by atoms with E-state index in [0.717, 1.165) is 49.6 Å². The Morgan fingerprint density at radius 2 is 1.94 bits per heavy atom. The third-order valence-electron chi connectivity index (χ3n) is 5.81. The Morgan fingerprint density at radius 3 is 2.76 bits per heavy atom. The van der Waals surface area contributed by atoms with Crippen molar-refractivity contribution in [3.05, 3.63) is 65.2 Å². The molecule has 4 rings (SSSR count). The van der Waals surface area contributed by atoms with E-state index in [1.807, 2.05) is 18.2 Å². The van der Waals surface area contributed by atoms with E-state index in [4.69, 9.17) is 14.9 Å². The Balaban J connectivity index is 1.52. The molecule has 2 aliphatic rings. The third kappa shape index (κ3) is 5.72. The van der Waals surface area contributed by atoms with Crippen LogP contribution in [0.3, 0.4) is 0 Å². The second kappa shape index (κ2) is 10.6. The van der Waals surface area contributed by atoms with Crippen LogP contribution in [0, 0.1) is 17.0 Å². The van der Waals surface area contributed by atoms with Gasteiger partial charge in [0.05, 0.1) is 24.9 Å². The molecule has 2 aliphatic heterocycles. The average Bonchev–Trinajstić information content (AvgIpc) is 2.81. The summed E-state index contributed by atoms with van der Waals surface area (Å²) in [6.07, 6.45) is 1.41. The van der Waals surface area contributed by atoms with Crippen LogP contribution in [0.5, 0.6) is 5.75 Å². The van der Waals surface area contributed by atoms with Crippen LogP contribution in [0.2, 0.25) is 0 Å². The number of nitrogens with one attached hydrogen (secondary N) is 2. The molecule has 9 heteroatoms. The molecule has 1 amide bonds. The molecule has 2 aromatic carbocycles. The molecule has 1 unspecified atom stereocenters. The van der Waals surface area contributed by atoms with E-state index in [1.165, 1.54) is 0 Å². The van der Waals surface area contributed by atoms with Gasteiger partial charge in [-0.2, -0.15) is 0 Å². The monoisotopic (exact) mass is 475 g/mol. The summed E-state index contributed by atoms with van der Waals surface area (Å²) >= 11 is 1.01. The Labute approximate surface area is 196 Å². The van der Waals surface area contributed by atoms with E-state index >= 15 is 0 Å². The number of amides is 1. The fourth-order valence-electron chi connectivity index (χ4n) is 4.10. The van der Waals surface area contributed by atoms with Gasteiger partial charge in [0.1, 0.15) is 22.3 Å². The molecule has 2 aromatic rings. The Morgan fingerprint density at radius 1 is 1.15 bits per heavy atom. The predicted molar refractivity (Wildman–Crippen MR) is 124 cm³/mol. The van der Waals surface area contributed by atoms with E-state index in [0.29, 0.717) is 50.4 Å². The number of carbonyl (C=O) groups excluding carboxylic acids is 1. The summed E-state index contributed by atoms with van der Waals surface area (Å²) in [7, 11) is 0. The molecule has 0 aliphatic carbocycles. The molecular weight excluding hydrogens is 448 g/mol. The van der Waals surface area contributed by atoms with Gasteiger partial charge in [-0.3, -0.25) is 15.1 Å². The van der Waals surface area contributed by atoms with E-state index < -0.39 is 16.5 Å². The average molecular weight is 476 g/mol. The van der Waals surface area contributed by atoms with Crippen molar-refractivity contribution in [3.63, 3.8) is 0 Å². The molecule has 1 fully saturated rings. The van der Waals surface area contributed by atoms with Gasteiger partial charge < -0.3 is 14.8 Å². The number of hydrogen-bond donors (Lipinski definition) is 2. The number of fused-ring (bicyclic) bond motifs is 1. The lowest BCUT2D eigenvalue weighted by Crippen LogP contribution is -2.47. The van der Waals surface area contributed by atoms with Gasteiger partial charge in [0.25, 0.3) is 0 Å². The SMILES string of the molecule is N=C(SC1(NC(=O)CCCN2CCOCC2)CCOc2ccccc21)c1cc(F)ccc1F. The fourth-order valence-corrected chi connectivity index (χ4v) is 5.35. The number of rotatable bonds is 7. The first kappa shape index (κ1) is 23.7. The first-order valence-corrected chi connectivity index (χ1v) is 11.8. The summed E-state index contributed by atoms with van der Waals surface area (Å²) in [5.41, 5.74) is 0.578. The minimum Gasteiger partial charge on any atom is -0.493 e. The summed E-state index contributed by atoms with van der Waals surface area (Å²) in [6, 6.07) is 10.3. The zero-order chi connectivity index (χ0) is 23.3. The van der Waals surface area contributed by atoms with Crippen LogP contribution in [-0.2, 0) is 14.4 Å². The predicted octanol–water partition coefficient (Wildman–Crippen LogP) is 3.89. The minimum absolute atomic E-state index is 0.134. The van der Waals surface area contributed by atoms with Crippen LogP contribution >= 0.6 is 11.8 Å². The van der Waals surface area contributed by atoms with Crippen LogP contribution in [0.25, 0.3) is 0 Å². The highest BCUT2D eigenvalue weighted by molar-refractivity contribution is 8.15. The third-order valence-corrected chi connectivity index (χ3v) is 7.10. The minimum atomic E-state index is -1.01. The fraction of sp³-hybridized carbons (Fsp3) is 0.417. The molecule has 1 atom stereocenters. The maximum absolute atomic E-state index is 14.4. The van der Waals surface area contributed by atoms with Crippen molar-refractivity contribution >= 4 is 22.7 Å². The van der Waals surface area contributed by atoms with Gasteiger partial charge in [-0.25, -0.2) is 8.78 Å². The number of para-hydroxylation sites is 1. The summed E-state index contributed by atoms with van der Waals surface area (Å²) in [5, 5.41) is 11.5. The Hall–Kier alpha value is -2.49. The van der Waals surface area contributed by atoms with Crippen molar-refractivity contribution in [2.45, 2.75) is 24.1 Å². The van der Waals surface area contributed by atoms with Gasteiger partial charge in [0.15, 0.2) is 0 Å². The first-order valence-electron chi connectivity index (χ1n) is 11.0. The number of nitrogens with zero attached hydrogens (tertiary/aromatic N) is 1. The normalized spacial score (nSPS) is 20.5. The van der Waals surface area contributed by atoms with Crippen LogP contribution in [0.1, 0.15) is 30.4 Å². The van der Waals surface area contributed by atoms with Gasteiger partial charge in [-0.05, 0) is 37.2 Å². The summed E-state index contributed by atoms with van der Waals surface area (Å²) in [5.74, 6) is -0.844. The molecule has 0 bridgehead atoms. The summed E-state index contributed by atoms with van der Waals surface area (Å²) in [4.78, 5) is 14.3. The quantitative estimate of drug-likeness (QED) is 0.361. The molecule has 2 N–H and O–H groups in total. The molecule has 0 radical (unpaired) electrons. The van der Waals surface area contributed by atoms with E-state index in [2.05, 4.69) is 10.2 Å². The number of carbonyl (C=O) groups is 1. The standard InChI is InChI=1S/C24H27F2N3O3S/c25-17-7-8-20(26)18(16-17)23(27)33-24(9-13-32-21-5-2-1-4-19(21)24)28-22(30)6-3-10-29-11-14-31-15-12-29/h1-2,4-5,7-8,16,27H,3,6,9-15H2,(H,28,30). The van der Waals surface area contributed by atoms with Gasteiger partial charge in [0.2, 0.25) is 5.91 Å². The largest absolute Gasteiger partial charge is 0.493 e. The molecule has 1 saturated heterocycles. The van der Waals surface area contributed by atoms with Gasteiger partial charge in [0, 0.05) is 37.1 Å². The van der Waals surface area contributed by atoms with Gasteiger partial charge in [-0.1, -0.05) is 30.0 Å². The summed E-state index contributed by atoms with van der Waals surface area (Å²) < 4.78 is 39.2. The lowest BCUT2D eigenvalue weighted by atomic mass is 9.99. The van der Waals surface area contributed by atoms with Crippen LogP contribution in [0.4, 0.5) is 8.78 Å². The Bertz CT molecular complexity index is 1020. The maximum Gasteiger partial charge on any atom is 0.221 e. The van der Waals surface area contributed by atoms with Crippen molar-refractivity contribution in [2.24, 2.45) is 0 Å². The van der Waals surface area contributed by atoms with E-state index in [9.17, 15) is 13.6 Å². The second-order valence-electron chi connectivity index (χ2n) is 8.08. The number of benzene rings is 2. The smallest absolute Gasteiger partial charge is 0.221 e. The molecule has 0 saturated carbocycles. The molecule has 176 valence electrons. The highest BCUT2D eigenvalue weighted by Crippen LogP contribution is 2.46. The molecule has 6 nitrogen and oxygen atoms in total. The molecule has 0 spiro atoms. The number of halogens is 2. The number of thioether (sulfide) groups is 1. The van der Waals surface area contributed by atoms with Gasteiger partial charge >= 0.3 is 0 Å². The van der Waals surface area contributed by atoms with Crippen molar-refractivity contribution in [1.29, 1.82) is 5.41 Å². The number of ether oxygens (including phenoxy) is 2. The lowest BCUT2D eigenvalue weighted by Gasteiger charge is -2.39. The molecular formula is C24H27F2N3O3S. The van der Waals surface area contributed by atoms with Crippen LogP contribution < -0.4 is 10.1 Å². The van der Waals surface area contributed by atoms with Crippen LogP contribution in [-0.4, -0.2) is 55.3 Å². The van der Waals surface area contributed by atoms with Gasteiger partial charge in [-0.15, -0.1) is 0 Å². The highest BCUT2D eigenvalue weighted by Gasteiger charge is 2.41. The molecule has 0 aromatic heterocycles. The second-order valence-corrected chi connectivity index (χ2v) is 9.39. The Kier molecular flexibility index (Phi) is 7.62. The van der Waals surface area contributed by atoms with Crippen molar-refractivity contribution in [1.82, 2.24) is 10.2 Å². The first-order chi connectivity index (χ1) is 16.0. The molecule has 2 heterocycles. The van der Waals surface area contributed by atoms with Crippen molar-refractivity contribution in [3.8, 4) is 5.75 Å². The number of morpholine rings is 1. The van der Waals surface area contributed by atoms with E-state index in [-0.39, 0.29) is 16.5 Å². The highest BCUT2D eigenvalue weighted by atomic mass is 32.2. The van der Waals surface area contributed by atoms with Crippen molar-refractivity contribution in [2.75, 3.05) is 39.5 Å². The molecule has 33 heavy (non-hydrogen) atoms. The topological polar surface area (TPSA) is 74.7 Å².